The topological polar surface area (TPSA) is 35.5 Å². The maximum absolute atomic E-state index is 10.8. The van der Waals surface area contributed by atoms with E-state index in [1.54, 1.807) is 6.07 Å². The molecule has 0 saturated heterocycles. The quantitative estimate of drug-likeness (QED) is 0.615. The van der Waals surface area contributed by atoms with E-state index in [-0.39, 0.29) is 6.79 Å². The van der Waals surface area contributed by atoms with E-state index in [0.29, 0.717) is 11.3 Å². The second-order valence-electron chi connectivity index (χ2n) is 2.80. The SMILES string of the molecule is COCOc1cc(Br)cc(C)c1C=O. The van der Waals surface area contributed by atoms with Gasteiger partial charge in [0, 0.05) is 11.6 Å². The molecule has 0 fully saturated rings. The lowest BCUT2D eigenvalue weighted by molar-refractivity contribution is 0.0504. The number of rotatable bonds is 4. The van der Waals surface area contributed by atoms with Gasteiger partial charge in [0.2, 0.25) is 0 Å². The molecule has 0 heterocycles. The van der Waals surface area contributed by atoms with Crippen LogP contribution in [0.4, 0.5) is 0 Å². The van der Waals surface area contributed by atoms with Crippen molar-refractivity contribution in [2.24, 2.45) is 0 Å². The summed E-state index contributed by atoms with van der Waals surface area (Å²) in [7, 11) is 1.53. The third kappa shape index (κ3) is 2.56. The normalized spacial score (nSPS) is 9.93. The van der Waals surface area contributed by atoms with Gasteiger partial charge < -0.3 is 9.47 Å². The van der Waals surface area contributed by atoms with Gasteiger partial charge in [-0.3, -0.25) is 4.79 Å². The Morgan fingerprint density at radius 1 is 1.50 bits per heavy atom. The minimum absolute atomic E-state index is 0.136. The Morgan fingerprint density at radius 3 is 2.79 bits per heavy atom. The molecule has 0 saturated carbocycles. The molecule has 0 aliphatic rings. The summed E-state index contributed by atoms with van der Waals surface area (Å²) in [6.45, 7) is 1.99. The lowest BCUT2D eigenvalue weighted by Gasteiger charge is -2.09. The largest absolute Gasteiger partial charge is 0.467 e. The van der Waals surface area contributed by atoms with E-state index < -0.39 is 0 Å². The molecule has 3 nitrogen and oxygen atoms in total. The molecule has 4 heteroatoms. The van der Waals surface area contributed by atoms with E-state index in [2.05, 4.69) is 15.9 Å². The highest BCUT2D eigenvalue weighted by molar-refractivity contribution is 9.10. The van der Waals surface area contributed by atoms with Gasteiger partial charge in [-0.1, -0.05) is 15.9 Å². The van der Waals surface area contributed by atoms with Crippen LogP contribution in [0.5, 0.6) is 5.75 Å². The summed E-state index contributed by atoms with van der Waals surface area (Å²) in [6, 6.07) is 3.61. The lowest BCUT2D eigenvalue weighted by atomic mass is 10.1. The smallest absolute Gasteiger partial charge is 0.188 e. The zero-order valence-corrected chi connectivity index (χ0v) is 9.63. The van der Waals surface area contributed by atoms with Crippen molar-refractivity contribution in [3.63, 3.8) is 0 Å². The second-order valence-corrected chi connectivity index (χ2v) is 3.72. The molecule has 76 valence electrons. The van der Waals surface area contributed by atoms with Crippen LogP contribution in [0.3, 0.4) is 0 Å². The Labute approximate surface area is 91.1 Å². The monoisotopic (exact) mass is 258 g/mol. The predicted molar refractivity (Wildman–Crippen MR) is 56.8 cm³/mol. The third-order valence-corrected chi connectivity index (χ3v) is 2.22. The highest BCUT2D eigenvalue weighted by Crippen LogP contribution is 2.25. The van der Waals surface area contributed by atoms with Crippen molar-refractivity contribution in [2.45, 2.75) is 6.92 Å². The Bertz CT molecular complexity index is 336. The summed E-state index contributed by atoms with van der Waals surface area (Å²) >= 11 is 3.33. The standard InChI is InChI=1S/C10H11BrO3/c1-7-3-8(11)4-10(9(7)5-12)14-6-13-2/h3-5H,6H2,1-2H3. The van der Waals surface area contributed by atoms with Gasteiger partial charge in [-0.25, -0.2) is 0 Å². The molecule has 0 aromatic heterocycles. The number of aldehydes is 1. The number of carbonyl (C=O) groups is 1. The fourth-order valence-electron chi connectivity index (χ4n) is 1.12. The highest BCUT2D eigenvalue weighted by Gasteiger charge is 2.07. The van der Waals surface area contributed by atoms with Gasteiger partial charge in [0.25, 0.3) is 0 Å². The van der Waals surface area contributed by atoms with Crippen LogP contribution in [-0.2, 0) is 4.74 Å². The van der Waals surface area contributed by atoms with Crippen molar-refractivity contribution in [1.29, 1.82) is 0 Å². The molecule has 0 N–H and O–H groups in total. The minimum Gasteiger partial charge on any atom is -0.467 e. The molecule has 0 atom stereocenters. The first kappa shape index (κ1) is 11.2. The summed E-state index contributed by atoms with van der Waals surface area (Å²) < 4.78 is 10.9. The van der Waals surface area contributed by atoms with Crippen LogP contribution >= 0.6 is 15.9 Å². The van der Waals surface area contributed by atoms with E-state index in [0.717, 1.165) is 16.3 Å². The number of aryl methyl sites for hydroxylation is 1. The average Bonchev–Trinajstić information content (AvgIpc) is 2.14. The number of methoxy groups -OCH3 is 1. The molecule has 0 amide bonds. The maximum atomic E-state index is 10.8. The molecule has 0 aliphatic carbocycles. The van der Waals surface area contributed by atoms with Crippen LogP contribution in [0.25, 0.3) is 0 Å². The number of ether oxygens (including phenoxy) is 2. The molecule has 1 aromatic carbocycles. The first-order chi connectivity index (χ1) is 6.69. The van der Waals surface area contributed by atoms with Crippen LogP contribution in [0.2, 0.25) is 0 Å². The summed E-state index contributed by atoms with van der Waals surface area (Å²) in [5, 5.41) is 0. The van der Waals surface area contributed by atoms with Crippen molar-refractivity contribution in [2.75, 3.05) is 13.9 Å². The zero-order valence-electron chi connectivity index (χ0n) is 8.04. The van der Waals surface area contributed by atoms with Crippen molar-refractivity contribution in [3.05, 3.63) is 27.7 Å². The summed E-state index contributed by atoms with van der Waals surface area (Å²) in [5.74, 6) is 0.536. The Kier molecular flexibility index (Phi) is 4.10. The molecule has 14 heavy (non-hydrogen) atoms. The van der Waals surface area contributed by atoms with Gasteiger partial charge in [-0.05, 0) is 24.6 Å². The number of hydrogen-bond acceptors (Lipinski definition) is 3. The van der Waals surface area contributed by atoms with Crippen LogP contribution in [0, 0.1) is 6.92 Å². The molecule has 0 unspecified atom stereocenters. The Morgan fingerprint density at radius 2 is 2.21 bits per heavy atom. The molecule has 0 spiro atoms. The number of halogens is 1. The minimum atomic E-state index is 0.136. The molecule has 0 radical (unpaired) electrons. The summed E-state index contributed by atoms with van der Waals surface area (Å²) in [4.78, 5) is 10.8. The van der Waals surface area contributed by atoms with E-state index in [9.17, 15) is 4.79 Å². The van der Waals surface area contributed by atoms with Gasteiger partial charge >= 0.3 is 0 Å². The molecular weight excluding hydrogens is 248 g/mol. The molecule has 1 aromatic rings. The molecular formula is C10H11BrO3. The number of carbonyl (C=O) groups excluding carboxylic acids is 1. The van der Waals surface area contributed by atoms with Crippen molar-refractivity contribution < 1.29 is 14.3 Å². The van der Waals surface area contributed by atoms with Gasteiger partial charge in [0.05, 0.1) is 5.56 Å². The Balaban J connectivity index is 3.05. The van der Waals surface area contributed by atoms with Crippen LogP contribution in [0.15, 0.2) is 16.6 Å². The Hall–Kier alpha value is -0.870. The molecule has 1 rings (SSSR count). The van der Waals surface area contributed by atoms with Gasteiger partial charge in [0.15, 0.2) is 13.1 Å². The number of benzene rings is 1. The predicted octanol–water partition coefficient (Wildman–Crippen LogP) is 2.55. The van der Waals surface area contributed by atoms with Crippen LogP contribution in [0.1, 0.15) is 15.9 Å². The fraction of sp³-hybridized carbons (Fsp3) is 0.300. The molecule has 0 aliphatic heterocycles. The van der Waals surface area contributed by atoms with E-state index in [1.165, 1.54) is 7.11 Å². The number of hydrogen-bond donors (Lipinski definition) is 0. The summed E-state index contributed by atoms with van der Waals surface area (Å²) in [6.07, 6.45) is 0.784. The lowest BCUT2D eigenvalue weighted by Crippen LogP contribution is -2.02. The third-order valence-electron chi connectivity index (χ3n) is 1.76. The molecule has 0 bridgehead atoms. The summed E-state index contributed by atoms with van der Waals surface area (Å²) in [5.41, 5.74) is 1.44. The maximum Gasteiger partial charge on any atom is 0.188 e. The van der Waals surface area contributed by atoms with Gasteiger partial charge in [0.1, 0.15) is 5.75 Å². The van der Waals surface area contributed by atoms with Crippen molar-refractivity contribution >= 4 is 22.2 Å². The van der Waals surface area contributed by atoms with Crippen LogP contribution < -0.4 is 4.74 Å². The van der Waals surface area contributed by atoms with Crippen molar-refractivity contribution in [3.8, 4) is 5.75 Å². The van der Waals surface area contributed by atoms with E-state index in [1.807, 2.05) is 13.0 Å². The van der Waals surface area contributed by atoms with Crippen molar-refractivity contribution in [1.82, 2.24) is 0 Å². The zero-order chi connectivity index (χ0) is 10.6. The first-order valence-corrected chi connectivity index (χ1v) is 4.85. The van der Waals surface area contributed by atoms with E-state index in [4.69, 9.17) is 9.47 Å². The van der Waals surface area contributed by atoms with Gasteiger partial charge in [-0.2, -0.15) is 0 Å². The van der Waals surface area contributed by atoms with Crippen LogP contribution in [-0.4, -0.2) is 20.2 Å². The van der Waals surface area contributed by atoms with Gasteiger partial charge in [-0.15, -0.1) is 0 Å². The highest BCUT2D eigenvalue weighted by atomic mass is 79.9. The van der Waals surface area contributed by atoms with E-state index >= 15 is 0 Å². The second kappa shape index (κ2) is 5.12. The first-order valence-electron chi connectivity index (χ1n) is 4.06. The average molecular weight is 259 g/mol. The fourth-order valence-corrected chi connectivity index (χ4v) is 1.67.